The highest BCUT2D eigenvalue weighted by atomic mass is 35.5. The third-order valence-corrected chi connectivity index (χ3v) is 8.13. The fourth-order valence-corrected chi connectivity index (χ4v) is 5.36. The molecule has 1 aliphatic heterocycles. The van der Waals surface area contributed by atoms with E-state index < -0.39 is 16.8 Å². The Bertz CT molecular complexity index is 1660. The molecule has 240 valence electrons. The first-order chi connectivity index (χ1) is 21.4. The number of hydrogen-bond donors (Lipinski definition) is 7. The molecule has 0 aliphatic carbocycles. The van der Waals surface area contributed by atoms with E-state index in [1.807, 2.05) is 6.07 Å². The normalized spacial score (nSPS) is 15.5. The number of aliphatic imine (C=N–C) groups is 2. The molecular formula is C29H32Cl2N6O7S. The van der Waals surface area contributed by atoms with E-state index in [-0.39, 0.29) is 63.4 Å². The molecule has 13 nitrogen and oxygen atoms in total. The van der Waals surface area contributed by atoms with Gasteiger partial charge in [-0.15, -0.1) is 0 Å². The zero-order valence-electron chi connectivity index (χ0n) is 24.2. The lowest BCUT2D eigenvalue weighted by atomic mass is 10.1. The Labute approximate surface area is 271 Å². The van der Waals surface area contributed by atoms with Crippen LogP contribution < -0.4 is 20.7 Å². The summed E-state index contributed by atoms with van der Waals surface area (Å²) in [6.45, 7) is 3.91. The average Bonchev–Trinajstić information content (AvgIpc) is 3.29. The van der Waals surface area contributed by atoms with Crippen molar-refractivity contribution in [1.29, 1.82) is 0 Å². The number of nitrogens with zero attached hydrogens (tertiary/aromatic N) is 4. The van der Waals surface area contributed by atoms with E-state index in [4.69, 9.17) is 23.2 Å². The molecule has 16 heteroatoms. The molecule has 1 heterocycles. The number of hydrogen-bond acceptors (Lipinski definition) is 10. The van der Waals surface area contributed by atoms with Crippen LogP contribution in [0.1, 0.15) is 18.9 Å². The number of benzene rings is 3. The van der Waals surface area contributed by atoms with Crippen LogP contribution in [0.3, 0.4) is 0 Å². The summed E-state index contributed by atoms with van der Waals surface area (Å²) < 4.78 is 28.9. The Hall–Kier alpha value is -3.73. The Kier molecular flexibility index (Phi) is 11.1. The molecule has 3 aromatic carbocycles. The first-order valence-corrected chi connectivity index (χ1v) is 15.9. The fraction of sp³-hybridized carbons (Fsp3) is 0.241. The van der Waals surface area contributed by atoms with Crippen LogP contribution in [0.25, 0.3) is 0 Å². The van der Waals surface area contributed by atoms with Crippen molar-refractivity contribution in [2.45, 2.75) is 25.2 Å². The van der Waals surface area contributed by atoms with E-state index in [1.54, 1.807) is 49.1 Å². The van der Waals surface area contributed by atoms with Gasteiger partial charge in [0.15, 0.2) is 11.5 Å². The summed E-state index contributed by atoms with van der Waals surface area (Å²) in [5, 5.41) is 22.8. The topological polar surface area (TPSA) is 191 Å². The monoisotopic (exact) mass is 678 g/mol. The number of aliphatic hydroxyl groups is 2. The van der Waals surface area contributed by atoms with Crippen LogP contribution in [0.2, 0.25) is 10.0 Å². The van der Waals surface area contributed by atoms with Gasteiger partial charge in [0.05, 0.1) is 45.2 Å². The Morgan fingerprint density at radius 3 is 2.27 bits per heavy atom. The fourth-order valence-electron chi connectivity index (χ4n) is 4.34. The second kappa shape index (κ2) is 14.6. The van der Waals surface area contributed by atoms with Gasteiger partial charge in [-0.05, 0) is 67.1 Å². The lowest BCUT2D eigenvalue weighted by Gasteiger charge is -2.23. The summed E-state index contributed by atoms with van der Waals surface area (Å²) in [6, 6.07) is 13.6. The summed E-state index contributed by atoms with van der Waals surface area (Å²) in [7, 11) is -4.06. The maximum absolute atomic E-state index is 13.8. The number of hydrazine groups is 1. The van der Waals surface area contributed by atoms with E-state index in [9.17, 15) is 33.5 Å². The number of amidine groups is 1. The van der Waals surface area contributed by atoms with Crippen molar-refractivity contribution in [3.05, 3.63) is 70.2 Å². The quantitative estimate of drug-likeness (QED) is 0.140. The van der Waals surface area contributed by atoms with Crippen molar-refractivity contribution < 1.29 is 33.5 Å². The van der Waals surface area contributed by atoms with Crippen LogP contribution in [0, 0.1) is 6.92 Å². The van der Waals surface area contributed by atoms with Crippen molar-refractivity contribution in [3.8, 4) is 0 Å². The third kappa shape index (κ3) is 8.11. The van der Waals surface area contributed by atoms with Crippen LogP contribution in [-0.2, 0) is 9.59 Å². The van der Waals surface area contributed by atoms with E-state index in [2.05, 4.69) is 20.7 Å². The van der Waals surface area contributed by atoms with E-state index in [0.717, 1.165) is 16.8 Å². The number of amides is 2. The minimum Gasteiger partial charge on any atom is -0.395 e. The molecule has 0 unspecified atom stereocenters. The number of rotatable bonds is 11. The molecule has 3 aromatic rings. The standard InChI is InChI=1S/C29H32Cl2N6O7S/c1-3-26(40)32-18-4-7-21(30)24(15-18)34-28-27(33-23-8-5-19(14-17(23)2)36(10-12-38)11-13-39)29(41)37(35-28)25-9-6-20(16-22(25)31)45(42,43)44/h4-9,14-16,38-39,42-44H,3,10-13H2,1-2H3,(H,32,40)(H,34,35). The van der Waals surface area contributed by atoms with Gasteiger partial charge in [0, 0.05) is 30.9 Å². The van der Waals surface area contributed by atoms with Gasteiger partial charge in [-0.3, -0.25) is 15.0 Å². The summed E-state index contributed by atoms with van der Waals surface area (Å²) in [5.41, 5.74) is 5.40. The molecule has 0 bridgehead atoms. The Balaban J connectivity index is 1.81. The summed E-state index contributed by atoms with van der Waals surface area (Å²) in [6.07, 6.45) is 0.259. The zero-order chi connectivity index (χ0) is 32.9. The highest BCUT2D eigenvalue weighted by molar-refractivity contribution is 8.19. The largest absolute Gasteiger partial charge is 0.395 e. The maximum atomic E-state index is 13.8. The molecule has 0 atom stereocenters. The smallest absolute Gasteiger partial charge is 0.299 e. The lowest BCUT2D eigenvalue weighted by Crippen LogP contribution is -2.36. The van der Waals surface area contributed by atoms with Crippen LogP contribution in [0.5, 0.6) is 0 Å². The number of carbonyl (C=O) groups excluding carboxylic acids is 2. The van der Waals surface area contributed by atoms with Gasteiger partial charge in [-0.2, -0.15) is 0 Å². The van der Waals surface area contributed by atoms with E-state index in [0.29, 0.717) is 30.0 Å². The lowest BCUT2D eigenvalue weighted by molar-refractivity contribution is -0.116. The van der Waals surface area contributed by atoms with Crippen molar-refractivity contribution >= 4 is 85.9 Å². The molecule has 1 saturated heterocycles. The van der Waals surface area contributed by atoms with Crippen LogP contribution >= 0.6 is 34.1 Å². The SMILES string of the molecule is CCC(=O)Nc1ccc(Cl)c(N=C2NN(c3ccc(S(O)(O)O)cc3Cl)C(=O)C2=Nc2ccc(N(CCO)CCO)cc2C)c1. The summed E-state index contributed by atoms with van der Waals surface area (Å²) >= 11 is 12.8. The molecule has 1 fully saturated rings. The van der Waals surface area contributed by atoms with Gasteiger partial charge in [-0.25, -0.2) is 15.0 Å². The number of halogens is 2. The molecular weight excluding hydrogens is 647 g/mol. The zero-order valence-corrected chi connectivity index (χ0v) is 26.6. The molecule has 0 saturated carbocycles. The molecule has 4 rings (SSSR count). The van der Waals surface area contributed by atoms with Crippen LogP contribution in [0.15, 0.2) is 69.5 Å². The van der Waals surface area contributed by atoms with Crippen molar-refractivity contribution in [2.24, 2.45) is 9.98 Å². The van der Waals surface area contributed by atoms with Crippen molar-refractivity contribution in [1.82, 2.24) is 5.43 Å². The molecule has 1 aliphatic rings. The molecule has 0 radical (unpaired) electrons. The molecule has 0 spiro atoms. The van der Waals surface area contributed by atoms with Crippen molar-refractivity contribution in [2.75, 3.05) is 41.5 Å². The number of anilines is 3. The summed E-state index contributed by atoms with van der Waals surface area (Å²) in [5.74, 6) is -0.874. The molecule has 7 N–H and O–H groups in total. The first-order valence-electron chi connectivity index (χ1n) is 13.6. The minimum absolute atomic E-state index is 0.00174. The Morgan fingerprint density at radius 2 is 1.67 bits per heavy atom. The average molecular weight is 680 g/mol. The van der Waals surface area contributed by atoms with Gasteiger partial charge >= 0.3 is 0 Å². The highest BCUT2D eigenvalue weighted by Crippen LogP contribution is 2.46. The van der Waals surface area contributed by atoms with E-state index >= 15 is 0 Å². The number of nitrogens with one attached hydrogen (secondary N) is 2. The van der Waals surface area contributed by atoms with Gasteiger partial charge < -0.3 is 34.1 Å². The van der Waals surface area contributed by atoms with Gasteiger partial charge in [0.2, 0.25) is 5.91 Å². The maximum Gasteiger partial charge on any atom is 0.299 e. The predicted molar refractivity (Wildman–Crippen MR) is 178 cm³/mol. The first kappa shape index (κ1) is 34.1. The number of carbonyl (C=O) groups is 2. The minimum atomic E-state index is -4.06. The van der Waals surface area contributed by atoms with Crippen LogP contribution in [-0.4, -0.2) is 73.5 Å². The number of aryl methyl sites for hydroxylation is 1. The molecule has 2 amide bonds. The molecule has 0 aromatic heterocycles. The van der Waals surface area contributed by atoms with E-state index in [1.165, 1.54) is 12.1 Å². The Morgan fingerprint density at radius 1 is 0.956 bits per heavy atom. The highest BCUT2D eigenvalue weighted by Gasteiger charge is 2.36. The third-order valence-electron chi connectivity index (χ3n) is 6.62. The predicted octanol–water partition coefficient (Wildman–Crippen LogP) is 5.38. The van der Waals surface area contributed by atoms with Gasteiger partial charge in [0.1, 0.15) is 10.9 Å². The number of aliphatic hydroxyl groups excluding tert-OH is 2. The van der Waals surface area contributed by atoms with Crippen molar-refractivity contribution in [3.63, 3.8) is 0 Å². The second-order valence-electron chi connectivity index (χ2n) is 9.78. The van der Waals surface area contributed by atoms with Crippen LogP contribution in [0.4, 0.5) is 28.4 Å². The van der Waals surface area contributed by atoms with Gasteiger partial charge in [-0.1, -0.05) is 30.1 Å². The summed E-state index contributed by atoms with van der Waals surface area (Å²) in [4.78, 5) is 36.6. The molecule has 45 heavy (non-hydrogen) atoms. The second-order valence-corrected chi connectivity index (χ2v) is 12.1. The van der Waals surface area contributed by atoms with Gasteiger partial charge in [0.25, 0.3) is 5.91 Å².